The monoisotopic (exact) mass is 206 g/mol. The minimum absolute atomic E-state index is 0.325. The molecule has 15 heavy (non-hydrogen) atoms. The van der Waals surface area contributed by atoms with Crippen molar-refractivity contribution in [2.75, 3.05) is 6.54 Å². The topological polar surface area (TPSA) is 38.0 Å². The number of aryl methyl sites for hydroxylation is 1. The van der Waals surface area contributed by atoms with Crippen LogP contribution in [0.15, 0.2) is 24.3 Å². The number of hydrogen-bond acceptors (Lipinski definition) is 2. The van der Waals surface area contributed by atoms with E-state index in [0.717, 1.165) is 25.9 Å². The maximum Gasteiger partial charge on any atom is 0.0205 e. The van der Waals surface area contributed by atoms with Gasteiger partial charge in [0.25, 0.3) is 0 Å². The lowest BCUT2D eigenvalue weighted by Crippen LogP contribution is -2.19. The van der Waals surface area contributed by atoms with Crippen molar-refractivity contribution in [1.29, 1.82) is 0 Å². The Balaban J connectivity index is 2.12. The maximum absolute atomic E-state index is 5.67. The summed E-state index contributed by atoms with van der Waals surface area (Å²) in [7, 11) is 0. The van der Waals surface area contributed by atoms with Gasteiger partial charge in [0.2, 0.25) is 0 Å². The summed E-state index contributed by atoms with van der Waals surface area (Å²) in [5, 5.41) is 3.42. The summed E-state index contributed by atoms with van der Waals surface area (Å²) in [5.41, 5.74) is 8.34. The van der Waals surface area contributed by atoms with Gasteiger partial charge in [-0.1, -0.05) is 29.8 Å². The lowest BCUT2D eigenvalue weighted by atomic mass is 10.1. The molecule has 2 nitrogen and oxygen atoms in total. The van der Waals surface area contributed by atoms with E-state index in [-0.39, 0.29) is 0 Å². The molecular weight excluding hydrogens is 184 g/mol. The fourth-order valence-corrected chi connectivity index (χ4v) is 1.49. The molecule has 3 N–H and O–H groups in total. The first kappa shape index (κ1) is 12.2. The third-order valence-electron chi connectivity index (χ3n) is 2.46. The molecule has 1 atom stereocenters. The van der Waals surface area contributed by atoms with Crippen LogP contribution in [0.4, 0.5) is 0 Å². The van der Waals surface area contributed by atoms with E-state index in [0.29, 0.717) is 6.04 Å². The van der Waals surface area contributed by atoms with Gasteiger partial charge < -0.3 is 11.1 Å². The van der Waals surface area contributed by atoms with Crippen LogP contribution < -0.4 is 11.1 Å². The molecule has 0 aliphatic rings. The van der Waals surface area contributed by atoms with Crippen molar-refractivity contribution in [3.8, 4) is 0 Å². The van der Waals surface area contributed by atoms with Gasteiger partial charge in [-0.3, -0.25) is 0 Å². The Morgan fingerprint density at radius 2 is 1.93 bits per heavy atom. The smallest absolute Gasteiger partial charge is 0.0205 e. The predicted octanol–water partition coefficient (Wildman–Crippen LogP) is 2.21. The van der Waals surface area contributed by atoms with Crippen LogP contribution in [0.5, 0.6) is 0 Å². The molecule has 0 saturated carbocycles. The van der Waals surface area contributed by atoms with E-state index in [4.69, 9.17) is 5.73 Å². The van der Waals surface area contributed by atoms with Crippen LogP contribution in [0.3, 0.4) is 0 Å². The van der Waals surface area contributed by atoms with Gasteiger partial charge >= 0.3 is 0 Å². The Kier molecular flexibility index (Phi) is 5.37. The largest absolute Gasteiger partial charge is 0.328 e. The third kappa shape index (κ3) is 5.55. The van der Waals surface area contributed by atoms with E-state index >= 15 is 0 Å². The maximum atomic E-state index is 5.67. The second-order valence-electron chi connectivity index (χ2n) is 4.28. The minimum atomic E-state index is 0.325. The SMILES string of the molecule is Cc1ccc(CNCCCC(C)N)cc1. The molecule has 1 rings (SSSR count). The van der Waals surface area contributed by atoms with Crippen molar-refractivity contribution in [2.24, 2.45) is 5.73 Å². The molecule has 2 heteroatoms. The fraction of sp³-hybridized carbons (Fsp3) is 0.538. The predicted molar refractivity (Wildman–Crippen MR) is 65.8 cm³/mol. The quantitative estimate of drug-likeness (QED) is 0.700. The number of hydrogen-bond donors (Lipinski definition) is 2. The molecule has 1 aromatic rings. The molecule has 84 valence electrons. The molecule has 0 aliphatic carbocycles. The normalized spacial score (nSPS) is 12.7. The molecule has 0 fully saturated rings. The summed E-state index contributed by atoms with van der Waals surface area (Å²) in [6, 6.07) is 8.98. The summed E-state index contributed by atoms with van der Waals surface area (Å²) in [6.45, 7) is 6.18. The van der Waals surface area contributed by atoms with Crippen LogP contribution in [-0.2, 0) is 6.54 Å². The summed E-state index contributed by atoms with van der Waals surface area (Å²) < 4.78 is 0. The Labute approximate surface area is 92.9 Å². The summed E-state index contributed by atoms with van der Waals surface area (Å²) in [4.78, 5) is 0. The van der Waals surface area contributed by atoms with Gasteiger partial charge in [-0.25, -0.2) is 0 Å². The summed E-state index contributed by atoms with van der Waals surface area (Å²) >= 11 is 0. The average molecular weight is 206 g/mol. The van der Waals surface area contributed by atoms with Crippen LogP contribution in [0.25, 0.3) is 0 Å². The molecule has 0 amide bonds. The molecule has 0 heterocycles. The Morgan fingerprint density at radius 3 is 2.53 bits per heavy atom. The van der Waals surface area contributed by atoms with Crippen molar-refractivity contribution < 1.29 is 0 Å². The Hall–Kier alpha value is -0.860. The van der Waals surface area contributed by atoms with Crippen LogP contribution >= 0.6 is 0 Å². The molecule has 0 radical (unpaired) electrons. The zero-order chi connectivity index (χ0) is 11.1. The van der Waals surface area contributed by atoms with Gasteiger partial charge in [-0.15, -0.1) is 0 Å². The van der Waals surface area contributed by atoms with E-state index in [1.165, 1.54) is 11.1 Å². The second-order valence-corrected chi connectivity index (χ2v) is 4.28. The van der Waals surface area contributed by atoms with E-state index in [1.807, 2.05) is 0 Å². The van der Waals surface area contributed by atoms with Crippen LogP contribution in [0.1, 0.15) is 30.9 Å². The lowest BCUT2D eigenvalue weighted by molar-refractivity contribution is 0.574. The number of rotatable bonds is 6. The van der Waals surface area contributed by atoms with Crippen molar-refractivity contribution in [2.45, 2.75) is 39.3 Å². The lowest BCUT2D eigenvalue weighted by Gasteiger charge is -2.07. The van der Waals surface area contributed by atoms with Crippen molar-refractivity contribution in [1.82, 2.24) is 5.32 Å². The number of nitrogens with two attached hydrogens (primary N) is 1. The third-order valence-corrected chi connectivity index (χ3v) is 2.46. The van der Waals surface area contributed by atoms with Crippen molar-refractivity contribution in [3.63, 3.8) is 0 Å². The molecule has 0 bridgehead atoms. The van der Waals surface area contributed by atoms with E-state index in [1.54, 1.807) is 0 Å². The Bertz CT molecular complexity index is 264. The van der Waals surface area contributed by atoms with Crippen LogP contribution in [-0.4, -0.2) is 12.6 Å². The van der Waals surface area contributed by atoms with E-state index in [9.17, 15) is 0 Å². The van der Waals surface area contributed by atoms with Crippen LogP contribution in [0.2, 0.25) is 0 Å². The second kappa shape index (κ2) is 6.59. The zero-order valence-corrected chi connectivity index (χ0v) is 9.79. The zero-order valence-electron chi connectivity index (χ0n) is 9.79. The highest BCUT2D eigenvalue weighted by Crippen LogP contribution is 2.02. The minimum Gasteiger partial charge on any atom is -0.328 e. The molecule has 1 unspecified atom stereocenters. The van der Waals surface area contributed by atoms with Gasteiger partial charge in [0, 0.05) is 12.6 Å². The van der Waals surface area contributed by atoms with Gasteiger partial charge in [0.1, 0.15) is 0 Å². The standard InChI is InChI=1S/C13H22N2/c1-11-5-7-13(8-6-11)10-15-9-3-4-12(2)14/h5-8,12,15H,3-4,9-10,14H2,1-2H3. The highest BCUT2D eigenvalue weighted by molar-refractivity contribution is 5.20. The highest BCUT2D eigenvalue weighted by atomic mass is 14.8. The van der Waals surface area contributed by atoms with Gasteiger partial charge in [0.05, 0.1) is 0 Å². The van der Waals surface area contributed by atoms with E-state index < -0.39 is 0 Å². The fourth-order valence-electron chi connectivity index (χ4n) is 1.49. The number of nitrogens with one attached hydrogen (secondary N) is 1. The Morgan fingerprint density at radius 1 is 1.27 bits per heavy atom. The first-order valence-electron chi connectivity index (χ1n) is 5.70. The van der Waals surface area contributed by atoms with Gasteiger partial charge in [0.15, 0.2) is 0 Å². The van der Waals surface area contributed by atoms with Crippen LogP contribution in [0, 0.1) is 6.92 Å². The highest BCUT2D eigenvalue weighted by Gasteiger charge is 1.94. The molecular formula is C13H22N2. The first-order valence-corrected chi connectivity index (χ1v) is 5.70. The molecule has 1 aromatic carbocycles. The van der Waals surface area contributed by atoms with Gasteiger partial charge in [-0.2, -0.15) is 0 Å². The molecule has 0 spiro atoms. The van der Waals surface area contributed by atoms with Crippen molar-refractivity contribution in [3.05, 3.63) is 35.4 Å². The summed E-state index contributed by atoms with van der Waals surface area (Å²) in [6.07, 6.45) is 2.25. The average Bonchev–Trinajstić information content (AvgIpc) is 2.20. The molecule has 0 aromatic heterocycles. The van der Waals surface area contributed by atoms with Crippen molar-refractivity contribution >= 4 is 0 Å². The van der Waals surface area contributed by atoms with E-state index in [2.05, 4.69) is 43.4 Å². The summed E-state index contributed by atoms with van der Waals surface area (Å²) in [5.74, 6) is 0. The first-order chi connectivity index (χ1) is 7.18. The van der Waals surface area contributed by atoms with Gasteiger partial charge in [-0.05, 0) is 38.8 Å². The number of benzene rings is 1. The molecule has 0 saturated heterocycles. The molecule has 0 aliphatic heterocycles.